The van der Waals surface area contributed by atoms with Gasteiger partial charge in [0.05, 0.1) is 0 Å². The van der Waals surface area contributed by atoms with Gasteiger partial charge in [-0.15, -0.1) is 0 Å². The number of halogens is 3. The molecule has 1 fully saturated rings. The van der Waals surface area contributed by atoms with Crippen LogP contribution in [-0.2, 0) is 9.59 Å². The summed E-state index contributed by atoms with van der Waals surface area (Å²) in [6, 6.07) is 5.12. The number of hydrogen-bond acceptors (Lipinski definition) is 2. The molecule has 1 heterocycles. The number of alkyl halides is 3. The van der Waals surface area contributed by atoms with Crippen LogP contribution in [0.25, 0.3) is 0 Å². The highest BCUT2D eigenvalue weighted by molar-refractivity contribution is 6.07. The van der Waals surface area contributed by atoms with Crippen molar-refractivity contribution in [3.05, 3.63) is 29.8 Å². The Morgan fingerprint density at radius 2 is 1.95 bits per heavy atom. The molecular weight excluding hydrogens is 285 g/mol. The van der Waals surface area contributed by atoms with E-state index < -0.39 is 30.0 Å². The van der Waals surface area contributed by atoms with Crippen LogP contribution in [0.5, 0.6) is 0 Å². The van der Waals surface area contributed by atoms with Gasteiger partial charge in [0.25, 0.3) is 0 Å². The molecule has 0 spiro atoms. The minimum atomic E-state index is -4.48. The summed E-state index contributed by atoms with van der Waals surface area (Å²) in [5.74, 6) is -2.56. The summed E-state index contributed by atoms with van der Waals surface area (Å²) in [5.41, 5.74) is 1.36. The molecule has 1 aliphatic rings. The molecular formula is C14H15F3N2O2. The second kappa shape index (κ2) is 5.75. The number of nitrogens with one attached hydrogen (secondary N) is 2. The van der Waals surface area contributed by atoms with Crippen LogP contribution in [0.1, 0.15) is 18.4 Å². The third kappa shape index (κ3) is 3.53. The summed E-state index contributed by atoms with van der Waals surface area (Å²) in [5, 5.41) is 4.45. The van der Waals surface area contributed by atoms with Crippen molar-refractivity contribution >= 4 is 17.5 Å². The number of hydrogen-bond donors (Lipinski definition) is 2. The SMILES string of the molecule is Cc1ccccc1NC(=O)[C@@H]1CC[C@H](C(F)(F)F)NC1=O. The molecule has 114 valence electrons. The van der Waals surface area contributed by atoms with Gasteiger partial charge in [0.1, 0.15) is 12.0 Å². The summed E-state index contributed by atoms with van der Waals surface area (Å²) in [6.45, 7) is 1.79. The van der Waals surface area contributed by atoms with Gasteiger partial charge in [0.2, 0.25) is 11.8 Å². The predicted molar refractivity (Wildman–Crippen MR) is 70.5 cm³/mol. The average Bonchev–Trinajstić information content (AvgIpc) is 2.40. The fraction of sp³-hybridized carbons (Fsp3) is 0.429. The van der Waals surface area contributed by atoms with Gasteiger partial charge < -0.3 is 10.6 Å². The molecule has 1 aromatic carbocycles. The molecule has 0 unspecified atom stereocenters. The van der Waals surface area contributed by atoms with E-state index in [2.05, 4.69) is 5.32 Å². The molecule has 1 aliphatic heterocycles. The normalized spacial score (nSPS) is 22.6. The lowest BCUT2D eigenvalue weighted by molar-refractivity contribution is -0.170. The minimum absolute atomic E-state index is 0.117. The van der Waals surface area contributed by atoms with E-state index in [0.717, 1.165) is 5.56 Å². The highest BCUT2D eigenvalue weighted by Gasteiger charge is 2.45. The lowest BCUT2D eigenvalue weighted by atomic mass is 9.92. The molecule has 2 rings (SSSR count). The first-order valence-corrected chi connectivity index (χ1v) is 6.52. The number of para-hydroxylation sites is 1. The van der Waals surface area contributed by atoms with Crippen LogP contribution in [-0.4, -0.2) is 24.0 Å². The number of rotatable bonds is 2. The number of carbonyl (C=O) groups excluding carboxylic acids is 2. The Bertz CT molecular complexity index is 557. The Hall–Kier alpha value is -2.05. The van der Waals surface area contributed by atoms with Gasteiger partial charge >= 0.3 is 6.18 Å². The molecule has 4 nitrogen and oxygen atoms in total. The van der Waals surface area contributed by atoms with E-state index in [9.17, 15) is 22.8 Å². The summed E-state index contributed by atoms with van der Waals surface area (Å²) in [4.78, 5) is 23.7. The minimum Gasteiger partial charge on any atom is -0.344 e. The number of aryl methyl sites for hydroxylation is 1. The smallest absolute Gasteiger partial charge is 0.344 e. The van der Waals surface area contributed by atoms with Crippen LogP contribution < -0.4 is 10.6 Å². The van der Waals surface area contributed by atoms with Gasteiger partial charge in [-0.3, -0.25) is 9.59 Å². The van der Waals surface area contributed by atoms with Crippen LogP contribution >= 0.6 is 0 Å². The van der Waals surface area contributed by atoms with Crippen LogP contribution in [0, 0.1) is 12.8 Å². The molecule has 0 aromatic heterocycles. The van der Waals surface area contributed by atoms with Gasteiger partial charge in [-0.2, -0.15) is 13.2 Å². The van der Waals surface area contributed by atoms with Crippen molar-refractivity contribution in [1.82, 2.24) is 5.32 Å². The van der Waals surface area contributed by atoms with Crippen molar-refractivity contribution in [2.24, 2.45) is 5.92 Å². The topological polar surface area (TPSA) is 58.2 Å². The predicted octanol–water partition coefficient (Wildman–Crippen LogP) is 2.39. The number of amides is 2. The highest BCUT2D eigenvalue weighted by atomic mass is 19.4. The van der Waals surface area contributed by atoms with Crippen molar-refractivity contribution in [1.29, 1.82) is 0 Å². The fourth-order valence-electron chi connectivity index (χ4n) is 2.24. The van der Waals surface area contributed by atoms with Gasteiger partial charge in [-0.1, -0.05) is 18.2 Å². The Balaban J connectivity index is 2.02. The fourth-order valence-corrected chi connectivity index (χ4v) is 2.24. The van der Waals surface area contributed by atoms with E-state index in [1.807, 2.05) is 5.32 Å². The van der Waals surface area contributed by atoms with Gasteiger partial charge in [-0.25, -0.2) is 0 Å². The van der Waals surface area contributed by atoms with Crippen molar-refractivity contribution in [2.45, 2.75) is 32.0 Å². The molecule has 21 heavy (non-hydrogen) atoms. The van der Waals surface area contributed by atoms with E-state index in [0.29, 0.717) is 5.69 Å². The zero-order valence-electron chi connectivity index (χ0n) is 11.3. The number of benzene rings is 1. The first-order chi connectivity index (χ1) is 9.79. The molecule has 7 heteroatoms. The summed E-state index contributed by atoms with van der Waals surface area (Å²) in [7, 11) is 0. The lowest BCUT2D eigenvalue weighted by Gasteiger charge is -2.29. The second-order valence-corrected chi connectivity index (χ2v) is 5.04. The van der Waals surface area contributed by atoms with Crippen molar-refractivity contribution in [2.75, 3.05) is 5.32 Å². The van der Waals surface area contributed by atoms with E-state index in [1.165, 1.54) is 0 Å². The van der Waals surface area contributed by atoms with Crippen LogP contribution in [0.2, 0.25) is 0 Å². The molecule has 0 aliphatic carbocycles. The van der Waals surface area contributed by atoms with Crippen LogP contribution in [0.15, 0.2) is 24.3 Å². The summed E-state index contributed by atoms with van der Waals surface area (Å²) in [6.07, 6.45) is -4.89. The maximum Gasteiger partial charge on any atom is 0.408 e. The Labute approximate surface area is 119 Å². The molecule has 0 radical (unpaired) electrons. The Kier molecular flexibility index (Phi) is 4.20. The van der Waals surface area contributed by atoms with Gasteiger partial charge in [0.15, 0.2) is 0 Å². The molecule has 2 atom stereocenters. The molecule has 0 bridgehead atoms. The first-order valence-electron chi connectivity index (χ1n) is 6.52. The zero-order chi connectivity index (χ0) is 15.6. The summed E-state index contributed by atoms with van der Waals surface area (Å²) < 4.78 is 37.6. The molecule has 1 saturated heterocycles. The maximum absolute atomic E-state index is 12.5. The third-order valence-corrected chi connectivity index (χ3v) is 3.49. The number of anilines is 1. The van der Waals surface area contributed by atoms with E-state index in [1.54, 1.807) is 31.2 Å². The highest BCUT2D eigenvalue weighted by Crippen LogP contribution is 2.29. The average molecular weight is 300 g/mol. The van der Waals surface area contributed by atoms with Crippen molar-refractivity contribution < 1.29 is 22.8 Å². The Morgan fingerprint density at radius 3 is 2.52 bits per heavy atom. The number of carbonyl (C=O) groups is 2. The maximum atomic E-state index is 12.5. The largest absolute Gasteiger partial charge is 0.408 e. The van der Waals surface area contributed by atoms with Gasteiger partial charge in [0, 0.05) is 5.69 Å². The summed E-state index contributed by atoms with van der Waals surface area (Å²) >= 11 is 0. The number of piperidine rings is 1. The van der Waals surface area contributed by atoms with Crippen molar-refractivity contribution in [3.63, 3.8) is 0 Å². The van der Waals surface area contributed by atoms with Gasteiger partial charge in [-0.05, 0) is 31.4 Å². The van der Waals surface area contributed by atoms with E-state index in [4.69, 9.17) is 0 Å². The molecule has 1 aromatic rings. The lowest BCUT2D eigenvalue weighted by Crippen LogP contribution is -2.53. The van der Waals surface area contributed by atoms with Crippen molar-refractivity contribution in [3.8, 4) is 0 Å². The van der Waals surface area contributed by atoms with Crippen LogP contribution in [0.3, 0.4) is 0 Å². The monoisotopic (exact) mass is 300 g/mol. The van der Waals surface area contributed by atoms with Crippen LogP contribution in [0.4, 0.5) is 18.9 Å². The molecule has 2 amide bonds. The van der Waals surface area contributed by atoms with E-state index in [-0.39, 0.29) is 12.8 Å². The Morgan fingerprint density at radius 1 is 1.29 bits per heavy atom. The first kappa shape index (κ1) is 15.3. The third-order valence-electron chi connectivity index (χ3n) is 3.49. The molecule has 2 N–H and O–H groups in total. The van der Waals surface area contributed by atoms with E-state index >= 15 is 0 Å². The molecule has 0 saturated carbocycles. The second-order valence-electron chi connectivity index (χ2n) is 5.04. The quantitative estimate of drug-likeness (QED) is 0.824. The zero-order valence-corrected chi connectivity index (χ0v) is 11.3. The standard InChI is InChI=1S/C14H15F3N2O2/c1-8-4-2-3-5-10(8)18-12(20)9-6-7-11(14(15,16)17)19-13(9)21/h2-5,9,11H,6-7H2,1H3,(H,18,20)(H,19,21)/t9-,11+/m0/s1.